The van der Waals surface area contributed by atoms with Gasteiger partial charge < -0.3 is 19.9 Å². The molecule has 172 valence electrons. The number of aromatic nitrogens is 3. The van der Waals surface area contributed by atoms with Crippen molar-refractivity contribution >= 4 is 29.9 Å². The number of guanidine groups is 1. The van der Waals surface area contributed by atoms with E-state index >= 15 is 0 Å². The molecule has 2 aromatic rings. The first-order valence-electron chi connectivity index (χ1n) is 10.5. The van der Waals surface area contributed by atoms with Crippen molar-refractivity contribution in [3.63, 3.8) is 0 Å². The molecule has 1 saturated heterocycles. The first-order valence-corrected chi connectivity index (χ1v) is 10.5. The third kappa shape index (κ3) is 8.34. The van der Waals surface area contributed by atoms with Gasteiger partial charge in [-0.3, -0.25) is 4.90 Å². The average Bonchev–Trinajstić information content (AvgIpc) is 3.08. The van der Waals surface area contributed by atoms with E-state index in [2.05, 4.69) is 30.7 Å². The molecule has 10 heteroatoms. The molecule has 0 amide bonds. The van der Waals surface area contributed by atoms with E-state index < -0.39 is 0 Å². The van der Waals surface area contributed by atoms with E-state index in [1.807, 2.05) is 30.7 Å². The molecule has 3 rings (SSSR count). The Morgan fingerprint density at radius 2 is 1.90 bits per heavy atom. The van der Waals surface area contributed by atoms with Crippen LogP contribution in [0.1, 0.15) is 23.6 Å². The molecule has 8 nitrogen and oxygen atoms in total. The lowest BCUT2D eigenvalue weighted by molar-refractivity contribution is 0.0376. The van der Waals surface area contributed by atoms with Crippen molar-refractivity contribution in [3.05, 3.63) is 47.3 Å². The van der Waals surface area contributed by atoms with Gasteiger partial charge in [-0.25, -0.2) is 9.38 Å². The second-order valence-corrected chi connectivity index (χ2v) is 7.39. The van der Waals surface area contributed by atoms with Crippen molar-refractivity contribution < 1.29 is 9.13 Å². The summed E-state index contributed by atoms with van der Waals surface area (Å²) in [4.78, 5) is 7.06. The maximum absolute atomic E-state index is 13.9. The highest BCUT2D eigenvalue weighted by molar-refractivity contribution is 14.0. The Kier molecular flexibility index (Phi) is 11.2. The molecular formula is C21H33FIN7O. The molecule has 0 atom stereocenters. The Hall–Kier alpha value is -1.79. The quantitative estimate of drug-likeness (QED) is 0.217. The highest BCUT2D eigenvalue weighted by Crippen LogP contribution is 2.06. The Morgan fingerprint density at radius 1 is 1.16 bits per heavy atom. The van der Waals surface area contributed by atoms with Gasteiger partial charge in [0.25, 0.3) is 0 Å². The predicted molar refractivity (Wildman–Crippen MR) is 130 cm³/mol. The van der Waals surface area contributed by atoms with Crippen molar-refractivity contribution in [2.45, 2.75) is 26.3 Å². The van der Waals surface area contributed by atoms with Crippen LogP contribution in [-0.4, -0.2) is 71.6 Å². The summed E-state index contributed by atoms with van der Waals surface area (Å²) in [7, 11) is 1.93. The van der Waals surface area contributed by atoms with Crippen LogP contribution in [0.5, 0.6) is 0 Å². The molecule has 1 aromatic carbocycles. The third-order valence-corrected chi connectivity index (χ3v) is 5.25. The highest BCUT2D eigenvalue weighted by atomic mass is 127. The Balaban J connectivity index is 0.00000341. The number of ether oxygens (including phenoxy) is 1. The maximum Gasteiger partial charge on any atom is 0.191 e. The van der Waals surface area contributed by atoms with E-state index in [1.54, 1.807) is 6.07 Å². The summed E-state index contributed by atoms with van der Waals surface area (Å²) in [5, 5.41) is 14.9. The van der Waals surface area contributed by atoms with Crippen LogP contribution in [-0.2, 0) is 24.8 Å². The summed E-state index contributed by atoms with van der Waals surface area (Å²) in [5.41, 5.74) is 0.695. The number of nitrogens with one attached hydrogen (secondary N) is 2. The fourth-order valence-electron chi connectivity index (χ4n) is 3.26. The lowest BCUT2D eigenvalue weighted by Crippen LogP contribution is -2.41. The summed E-state index contributed by atoms with van der Waals surface area (Å²) in [6, 6.07) is 6.86. The van der Waals surface area contributed by atoms with E-state index in [0.29, 0.717) is 31.0 Å². The van der Waals surface area contributed by atoms with E-state index in [9.17, 15) is 4.39 Å². The highest BCUT2D eigenvalue weighted by Gasteiger charge is 2.10. The largest absolute Gasteiger partial charge is 0.379 e. The van der Waals surface area contributed by atoms with Crippen LogP contribution in [0.4, 0.5) is 4.39 Å². The summed E-state index contributed by atoms with van der Waals surface area (Å²) >= 11 is 0. The van der Waals surface area contributed by atoms with Gasteiger partial charge in [-0.05, 0) is 37.9 Å². The molecule has 1 aromatic heterocycles. The van der Waals surface area contributed by atoms with Gasteiger partial charge in [0.1, 0.15) is 18.2 Å². The normalized spacial score (nSPS) is 14.9. The van der Waals surface area contributed by atoms with E-state index in [0.717, 1.165) is 57.5 Å². The lowest BCUT2D eigenvalue weighted by atomic mass is 10.1. The molecule has 1 fully saturated rings. The zero-order valence-electron chi connectivity index (χ0n) is 18.3. The Labute approximate surface area is 200 Å². The molecule has 1 aliphatic heterocycles. The molecule has 0 spiro atoms. The first-order chi connectivity index (χ1) is 14.6. The average molecular weight is 545 g/mol. The SMILES string of the molecule is Cc1nnc(CN=C(NCCCN2CCOCC2)NCCc2ccccc2F)n1C.I. The number of halogens is 2. The minimum absolute atomic E-state index is 0. The number of nitrogens with zero attached hydrogens (tertiary/aromatic N) is 5. The molecule has 2 heterocycles. The summed E-state index contributed by atoms with van der Waals surface area (Å²) in [5.74, 6) is 2.18. The molecule has 2 N–H and O–H groups in total. The van der Waals surface area contributed by atoms with Crippen molar-refractivity contribution in [2.75, 3.05) is 45.9 Å². The second-order valence-electron chi connectivity index (χ2n) is 7.39. The van der Waals surface area contributed by atoms with Gasteiger partial charge in [0, 0.05) is 33.2 Å². The molecule has 1 aliphatic rings. The van der Waals surface area contributed by atoms with Gasteiger partial charge in [0.15, 0.2) is 11.8 Å². The summed E-state index contributed by atoms with van der Waals surface area (Å²) in [6.45, 7) is 8.38. The second kappa shape index (κ2) is 13.6. The third-order valence-electron chi connectivity index (χ3n) is 5.25. The van der Waals surface area contributed by atoms with Crippen LogP contribution in [0.15, 0.2) is 29.3 Å². The van der Waals surface area contributed by atoms with Crippen molar-refractivity contribution in [2.24, 2.45) is 12.0 Å². The monoisotopic (exact) mass is 545 g/mol. The van der Waals surface area contributed by atoms with E-state index in [4.69, 9.17) is 4.74 Å². The standard InChI is InChI=1S/C21H32FN7O.HI/c1-17-26-27-20(28(17)2)16-25-21(23-9-5-11-29-12-14-30-15-13-29)24-10-8-18-6-3-4-7-19(18)22;/h3-4,6-7H,5,8-16H2,1-2H3,(H2,23,24,25);1H. The van der Waals surface area contributed by atoms with Crippen LogP contribution < -0.4 is 10.6 Å². The van der Waals surface area contributed by atoms with Gasteiger partial charge in [-0.2, -0.15) is 0 Å². The number of rotatable bonds is 9. The minimum atomic E-state index is -0.175. The fraction of sp³-hybridized carbons (Fsp3) is 0.571. The number of aliphatic imine (C=N–C) groups is 1. The molecule has 31 heavy (non-hydrogen) atoms. The summed E-state index contributed by atoms with van der Waals surface area (Å²) in [6.07, 6.45) is 1.60. The topological polar surface area (TPSA) is 79.6 Å². The number of hydrogen-bond donors (Lipinski definition) is 2. The molecular weight excluding hydrogens is 512 g/mol. The van der Waals surface area contributed by atoms with E-state index in [-0.39, 0.29) is 29.8 Å². The van der Waals surface area contributed by atoms with Crippen molar-refractivity contribution in [3.8, 4) is 0 Å². The molecule has 0 aliphatic carbocycles. The number of benzene rings is 1. The molecule has 0 saturated carbocycles. The zero-order valence-corrected chi connectivity index (χ0v) is 20.6. The molecule has 0 radical (unpaired) electrons. The Morgan fingerprint density at radius 3 is 2.61 bits per heavy atom. The van der Waals surface area contributed by atoms with E-state index in [1.165, 1.54) is 6.07 Å². The summed E-state index contributed by atoms with van der Waals surface area (Å²) < 4.78 is 21.2. The van der Waals surface area contributed by atoms with Crippen LogP contribution in [0.2, 0.25) is 0 Å². The number of morpholine rings is 1. The van der Waals surface area contributed by atoms with Crippen molar-refractivity contribution in [1.82, 2.24) is 30.3 Å². The van der Waals surface area contributed by atoms with Crippen LogP contribution >= 0.6 is 24.0 Å². The Bertz CT molecular complexity index is 824. The first kappa shape index (κ1) is 25.5. The minimum Gasteiger partial charge on any atom is -0.379 e. The van der Waals surface area contributed by atoms with Crippen LogP contribution in [0.25, 0.3) is 0 Å². The van der Waals surface area contributed by atoms with Gasteiger partial charge in [-0.15, -0.1) is 34.2 Å². The smallest absolute Gasteiger partial charge is 0.191 e. The lowest BCUT2D eigenvalue weighted by Gasteiger charge is -2.26. The van der Waals surface area contributed by atoms with Gasteiger partial charge in [0.05, 0.1) is 13.2 Å². The maximum atomic E-state index is 13.9. The zero-order chi connectivity index (χ0) is 21.2. The van der Waals surface area contributed by atoms with Crippen LogP contribution in [0, 0.1) is 12.7 Å². The molecule has 0 bridgehead atoms. The predicted octanol–water partition coefficient (Wildman–Crippen LogP) is 1.88. The molecule has 0 unspecified atom stereocenters. The fourth-order valence-corrected chi connectivity index (χ4v) is 3.26. The van der Waals surface area contributed by atoms with Crippen molar-refractivity contribution in [1.29, 1.82) is 0 Å². The number of hydrogen-bond acceptors (Lipinski definition) is 5. The van der Waals surface area contributed by atoms with Gasteiger partial charge in [-0.1, -0.05) is 18.2 Å². The van der Waals surface area contributed by atoms with Gasteiger partial charge >= 0.3 is 0 Å². The van der Waals surface area contributed by atoms with Crippen LogP contribution in [0.3, 0.4) is 0 Å². The number of aryl methyl sites for hydroxylation is 1. The van der Waals surface area contributed by atoms with Gasteiger partial charge in [0.2, 0.25) is 0 Å².